The molecule has 0 spiro atoms. The predicted octanol–water partition coefficient (Wildman–Crippen LogP) is -0.559. The fraction of sp³-hybridized carbons (Fsp3) is 0.500. The lowest BCUT2D eigenvalue weighted by Gasteiger charge is -2.42. The molecule has 2 aromatic carbocycles. The van der Waals surface area contributed by atoms with E-state index in [9.17, 15) is 33.9 Å². The highest BCUT2D eigenvalue weighted by Crippen LogP contribution is 2.26. The molecule has 1 fully saturated rings. The van der Waals surface area contributed by atoms with Crippen molar-refractivity contribution in [1.29, 1.82) is 0 Å². The van der Waals surface area contributed by atoms with Crippen molar-refractivity contribution in [2.75, 3.05) is 13.1 Å². The molecule has 15 nitrogen and oxygen atoms in total. The van der Waals surface area contributed by atoms with Crippen LogP contribution in [0, 0.1) is 0 Å². The van der Waals surface area contributed by atoms with Gasteiger partial charge >= 0.3 is 5.97 Å². The predicted molar refractivity (Wildman–Crippen MR) is 190 cm³/mol. The summed E-state index contributed by atoms with van der Waals surface area (Å²) in [7, 11) is 0. The first-order chi connectivity index (χ1) is 24.2. The highest BCUT2D eigenvalue weighted by atomic mass is 16.4. The van der Waals surface area contributed by atoms with Gasteiger partial charge in [0.05, 0.1) is 6.04 Å². The number of nitrogens with two attached hydrogens (primary N) is 4. The third-order valence-electron chi connectivity index (χ3n) is 9.12. The van der Waals surface area contributed by atoms with Crippen LogP contribution in [-0.4, -0.2) is 94.3 Å². The van der Waals surface area contributed by atoms with E-state index < -0.39 is 71.3 Å². The second-order valence-electron chi connectivity index (χ2n) is 13.3. The molecule has 0 radical (unpaired) electrons. The van der Waals surface area contributed by atoms with Crippen LogP contribution in [0.2, 0.25) is 0 Å². The normalized spacial score (nSPS) is 19.5. The van der Waals surface area contributed by atoms with E-state index in [0.717, 1.165) is 11.1 Å². The Morgan fingerprint density at radius 3 is 1.92 bits per heavy atom. The molecular formula is C36H52N8O7. The maximum Gasteiger partial charge on any atom is 0.323 e. The van der Waals surface area contributed by atoms with Crippen molar-refractivity contribution in [3.05, 3.63) is 71.8 Å². The molecule has 12 N–H and O–H groups in total. The summed E-state index contributed by atoms with van der Waals surface area (Å²) in [6.45, 7) is 2.13. The zero-order chi connectivity index (χ0) is 37.6. The van der Waals surface area contributed by atoms with Gasteiger partial charge in [0.2, 0.25) is 29.5 Å². The summed E-state index contributed by atoms with van der Waals surface area (Å²) >= 11 is 0. The van der Waals surface area contributed by atoms with Crippen LogP contribution in [0.25, 0.3) is 0 Å². The maximum absolute atomic E-state index is 13.8. The number of hydrogen-bond donors (Lipinski definition) is 8. The number of hydrogen-bond acceptors (Lipinski definition) is 9. The molecule has 0 aromatic heterocycles. The Morgan fingerprint density at radius 2 is 1.37 bits per heavy atom. The smallest absolute Gasteiger partial charge is 0.323 e. The van der Waals surface area contributed by atoms with Gasteiger partial charge in [0.1, 0.15) is 23.7 Å². The van der Waals surface area contributed by atoms with E-state index in [2.05, 4.69) is 16.0 Å². The van der Waals surface area contributed by atoms with Crippen molar-refractivity contribution in [1.82, 2.24) is 20.9 Å². The molecular weight excluding hydrogens is 656 g/mol. The van der Waals surface area contributed by atoms with E-state index in [1.54, 1.807) is 31.2 Å². The summed E-state index contributed by atoms with van der Waals surface area (Å²) in [5, 5.41) is 17.7. The van der Waals surface area contributed by atoms with Gasteiger partial charge in [-0.05, 0) is 69.5 Å². The minimum Gasteiger partial charge on any atom is -0.480 e. The molecule has 1 heterocycles. The molecule has 0 bridgehead atoms. The average Bonchev–Trinajstić information content (AvgIpc) is 3.09. The van der Waals surface area contributed by atoms with Crippen molar-refractivity contribution in [3.8, 4) is 0 Å². The number of carboxylic acids is 1. The number of amides is 5. The molecule has 0 aliphatic carbocycles. The quantitative estimate of drug-likeness (QED) is 0.0862. The first kappa shape index (κ1) is 40.6. The highest BCUT2D eigenvalue weighted by Gasteiger charge is 2.44. The van der Waals surface area contributed by atoms with E-state index in [1.807, 2.05) is 36.4 Å². The number of aliphatic carboxylic acids is 1. The van der Waals surface area contributed by atoms with E-state index in [1.165, 1.54) is 4.90 Å². The van der Waals surface area contributed by atoms with Crippen molar-refractivity contribution in [2.45, 2.75) is 100 Å². The summed E-state index contributed by atoms with van der Waals surface area (Å²) in [4.78, 5) is 79.8. The summed E-state index contributed by atoms with van der Waals surface area (Å²) < 4.78 is 0. The topological polar surface area (TPSA) is 266 Å². The van der Waals surface area contributed by atoms with Crippen LogP contribution in [0.15, 0.2) is 60.7 Å². The van der Waals surface area contributed by atoms with Crippen LogP contribution in [0.1, 0.15) is 63.0 Å². The number of unbranched alkanes of at least 4 members (excludes halogenated alkanes) is 1. The molecule has 2 unspecified atom stereocenters. The Bertz CT molecular complexity index is 1490. The fourth-order valence-electron chi connectivity index (χ4n) is 6.15. The summed E-state index contributed by atoms with van der Waals surface area (Å²) in [6.07, 6.45) is 1.23. The minimum absolute atomic E-state index is 0.0262. The third kappa shape index (κ3) is 12.5. The Balaban J connectivity index is 1.81. The largest absolute Gasteiger partial charge is 0.480 e. The lowest BCUT2D eigenvalue weighted by atomic mass is 9.84. The number of benzene rings is 2. The molecule has 51 heavy (non-hydrogen) atoms. The first-order valence-electron chi connectivity index (χ1n) is 17.3. The van der Waals surface area contributed by atoms with Gasteiger partial charge in [-0.2, -0.15) is 0 Å². The number of piperidine rings is 1. The van der Waals surface area contributed by atoms with E-state index >= 15 is 0 Å². The number of carbonyl (C=O) groups is 6. The third-order valence-corrected chi connectivity index (χ3v) is 9.12. The molecule has 0 saturated carbocycles. The number of carbonyl (C=O) groups excluding carboxylic acids is 5. The Kier molecular flexibility index (Phi) is 15.5. The average molecular weight is 709 g/mol. The van der Waals surface area contributed by atoms with Gasteiger partial charge in [0.25, 0.3) is 0 Å². The zero-order valence-electron chi connectivity index (χ0n) is 29.1. The molecule has 278 valence electrons. The lowest BCUT2D eigenvalue weighted by molar-refractivity contribution is -0.150. The van der Waals surface area contributed by atoms with Crippen LogP contribution in [-0.2, 0) is 41.6 Å². The number of carboxylic acid groups (broad SMARTS) is 1. The van der Waals surface area contributed by atoms with E-state index in [0.29, 0.717) is 19.4 Å². The van der Waals surface area contributed by atoms with Gasteiger partial charge in [-0.1, -0.05) is 60.7 Å². The number of primary amides is 1. The molecule has 6 atom stereocenters. The van der Waals surface area contributed by atoms with Crippen molar-refractivity contribution in [2.24, 2.45) is 22.9 Å². The lowest BCUT2D eigenvalue weighted by Crippen LogP contribution is -2.63. The van der Waals surface area contributed by atoms with Gasteiger partial charge < -0.3 is 48.9 Å². The maximum atomic E-state index is 13.8. The molecule has 5 amide bonds. The molecule has 1 aliphatic rings. The number of likely N-dealkylation sites (tertiary alicyclic amines) is 1. The first-order valence-corrected chi connectivity index (χ1v) is 17.3. The number of nitrogens with zero attached hydrogens (tertiary/aromatic N) is 1. The van der Waals surface area contributed by atoms with Gasteiger partial charge in [-0.3, -0.25) is 28.8 Å². The second-order valence-corrected chi connectivity index (χ2v) is 13.3. The number of nitrogens with one attached hydrogen (secondary N) is 3. The zero-order valence-corrected chi connectivity index (χ0v) is 29.1. The highest BCUT2D eigenvalue weighted by molar-refractivity contribution is 5.95. The Hall–Kier alpha value is -4.86. The van der Waals surface area contributed by atoms with Gasteiger partial charge in [-0.25, -0.2) is 0 Å². The summed E-state index contributed by atoms with van der Waals surface area (Å²) in [5.74, 6) is -4.29. The Morgan fingerprint density at radius 1 is 0.824 bits per heavy atom. The van der Waals surface area contributed by atoms with Gasteiger partial charge in [0.15, 0.2) is 0 Å². The van der Waals surface area contributed by atoms with Crippen LogP contribution >= 0.6 is 0 Å². The van der Waals surface area contributed by atoms with Gasteiger partial charge in [-0.15, -0.1) is 0 Å². The van der Waals surface area contributed by atoms with Crippen LogP contribution in [0.3, 0.4) is 0 Å². The van der Waals surface area contributed by atoms with E-state index in [4.69, 9.17) is 22.9 Å². The standard InChI is InChI=1S/C36H52N8O7/c1-23-22-36(40,35(50)51)17-19-44(23)34(49)28(14-8-9-18-37)42-32(47)27(15-16-30(39)45)41-33(48)29(21-25-12-6-3-7-13-25)43-31(46)26(38)20-24-10-4-2-5-11-24/h2-7,10-13,23,26-29H,8-9,14-22,37-38,40H2,1H3,(H2,39,45)(H,41,48)(H,42,47)(H,43,46)(H,50,51)/t23?,26-,27-,28-,29-,36?/m1/s1. The molecule has 1 saturated heterocycles. The summed E-state index contributed by atoms with van der Waals surface area (Å²) in [5.41, 5.74) is 23.5. The molecule has 2 aromatic rings. The SMILES string of the molecule is CC1CC(N)(C(=O)O)CCN1C(=O)[C@@H](CCCCN)NC(=O)[C@@H](CCC(N)=O)NC(=O)[C@@H](Cc1ccccc1)NC(=O)[C@H](N)Cc1ccccc1. The van der Waals surface area contributed by atoms with Crippen LogP contribution in [0.5, 0.6) is 0 Å². The summed E-state index contributed by atoms with van der Waals surface area (Å²) in [6, 6.07) is 13.2. The molecule has 15 heteroatoms. The van der Waals surface area contributed by atoms with Crippen LogP contribution < -0.4 is 38.9 Å². The van der Waals surface area contributed by atoms with Gasteiger partial charge in [0, 0.05) is 25.4 Å². The Labute approximate surface area is 298 Å². The van der Waals surface area contributed by atoms with E-state index in [-0.39, 0.29) is 51.5 Å². The minimum atomic E-state index is -1.48. The van der Waals surface area contributed by atoms with Crippen LogP contribution in [0.4, 0.5) is 0 Å². The number of rotatable bonds is 19. The van der Waals surface area contributed by atoms with Crippen molar-refractivity contribution < 1.29 is 33.9 Å². The second kappa shape index (κ2) is 19.5. The van der Waals surface area contributed by atoms with Crippen molar-refractivity contribution in [3.63, 3.8) is 0 Å². The fourth-order valence-corrected chi connectivity index (χ4v) is 6.15. The molecule has 1 aliphatic heterocycles. The monoisotopic (exact) mass is 708 g/mol. The molecule has 3 rings (SSSR count). The van der Waals surface area contributed by atoms with Crippen molar-refractivity contribution >= 4 is 35.5 Å².